The van der Waals surface area contributed by atoms with E-state index in [2.05, 4.69) is 25.9 Å². The molecule has 1 saturated heterocycles. The second-order valence-electron chi connectivity index (χ2n) is 18.4. The van der Waals surface area contributed by atoms with Gasteiger partial charge in [-0.15, -0.1) is 16.4 Å². The van der Waals surface area contributed by atoms with Crippen molar-refractivity contribution in [1.82, 2.24) is 40.4 Å². The summed E-state index contributed by atoms with van der Waals surface area (Å²) < 4.78 is 7.19. The first-order valence-electron chi connectivity index (χ1n) is 22.6. The van der Waals surface area contributed by atoms with Gasteiger partial charge in [-0.05, 0) is 102 Å². The molecule has 3 amide bonds. The molecule has 0 aliphatic carbocycles. The first-order chi connectivity index (χ1) is 30.7. The molecule has 1 aromatic carbocycles. The molecule has 358 valence electrons. The molecular formula is C46H69N9O9S. The van der Waals surface area contributed by atoms with Crippen LogP contribution >= 0.6 is 11.3 Å². The van der Waals surface area contributed by atoms with Crippen molar-refractivity contribution in [1.29, 1.82) is 0 Å². The molecular weight excluding hydrogens is 855 g/mol. The molecule has 0 spiro atoms. The highest BCUT2D eigenvalue weighted by Crippen LogP contribution is 2.32. The summed E-state index contributed by atoms with van der Waals surface area (Å²) in [6.07, 6.45) is 6.10. The minimum atomic E-state index is -1.15. The Morgan fingerprint density at radius 3 is 2.37 bits per heavy atom. The third-order valence-electron chi connectivity index (χ3n) is 12.2. The average Bonchev–Trinajstić information content (AvgIpc) is 3.92. The summed E-state index contributed by atoms with van der Waals surface area (Å²) in [5.41, 5.74) is 6.86. The summed E-state index contributed by atoms with van der Waals surface area (Å²) in [5, 5.41) is 35.2. The van der Waals surface area contributed by atoms with Crippen LogP contribution < -0.4 is 16.4 Å². The number of likely N-dealkylation sites (tertiary alicyclic amines) is 1. The Balaban J connectivity index is 1.63. The smallest absolute Gasteiger partial charge is 0.325 e. The normalized spacial score (nSPS) is 16.8. The molecule has 1 aliphatic rings. The number of benzene rings is 1. The number of hydrogen-bond donors (Lipinski definition) is 5. The van der Waals surface area contributed by atoms with Crippen molar-refractivity contribution in [2.24, 2.45) is 17.3 Å². The third-order valence-corrected chi connectivity index (χ3v) is 13.1. The molecule has 0 saturated carbocycles. The number of unbranched alkanes of at least 4 members (excludes halogenated alkanes) is 1. The van der Waals surface area contributed by atoms with E-state index in [0.717, 1.165) is 36.3 Å². The van der Waals surface area contributed by atoms with E-state index in [4.69, 9.17) is 15.6 Å². The number of rotatable bonds is 25. The molecule has 2 aromatic heterocycles. The summed E-state index contributed by atoms with van der Waals surface area (Å²) in [4.78, 5) is 87.3. The van der Waals surface area contributed by atoms with E-state index in [-0.39, 0.29) is 61.3 Å². The maximum absolute atomic E-state index is 15.1. The summed E-state index contributed by atoms with van der Waals surface area (Å²) in [5.74, 6) is -3.96. The lowest BCUT2D eigenvalue weighted by atomic mass is 9.84. The number of amides is 3. The van der Waals surface area contributed by atoms with E-state index >= 15 is 4.79 Å². The number of nitrogen functional groups attached to an aromatic ring is 1. The standard InChI is InChI=1S/C46H69N9O9S/c1-9-29(4)40(50-42(60)36-15-11-12-20-53(36)8)44(61)55(21-13-10-14-33-25-54(52-51-33)26-39(57)58)37(28(2)3)23-38(64-30(5)56)43-49-35(27-65-43)41(59)48-34(24-46(6,7)45(62)63)22-31-16-18-32(47)19-17-31/h16-19,25,27-29,34,36-38,40H,9-15,20-24,26,47H2,1-8H3,(H,48,59)(H,50,60)(H,57,58)(H,62,63)/t29-,34-,36+,37+,38+,40-/m0/s1. The van der Waals surface area contributed by atoms with Crippen molar-refractivity contribution in [2.75, 3.05) is 25.9 Å². The fraction of sp³-hybridized carbons (Fsp3) is 0.630. The predicted molar refractivity (Wildman–Crippen MR) is 246 cm³/mol. The summed E-state index contributed by atoms with van der Waals surface area (Å²) >= 11 is 1.14. The number of carbonyl (C=O) groups excluding carboxylic acids is 4. The van der Waals surface area contributed by atoms with Gasteiger partial charge in [-0.3, -0.25) is 33.7 Å². The lowest BCUT2D eigenvalue weighted by Gasteiger charge is -2.40. The number of esters is 1. The molecule has 6 N–H and O–H groups in total. The van der Waals surface area contributed by atoms with Crippen LogP contribution in [0.4, 0.5) is 5.69 Å². The number of aliphatic carboxylic acids is 2. The molecule has 0 bridgehead atoms. The molecule has 65 heavy (non-hydrogen) atoms. The van der Waals surface area contributed by atoms with Crippen LogP contribution in [-0.4, -0.2) is 120 Å². The zero-order chi connectivity index (χ0) is 48.0. The Kier molecular flexibility index (Phi) is 19.4. The Morgan fingerprint density at radius 2 is 1.75 bits per heavy atom. The van der Waals surface area contributed by atoms with E-state index in [1.165, 1.54) is 11.6 Å². The highest BCUT2D eigenvalue weighted by molar-refractivity contribution is 7.09. The van der Waals surface area contributed by atoms with Gasteiger partial charge in [-0.1, -0.05) is 57.9 Å². The Bertz CT molecular complexity index is 2070. The van der Waals surface area contributed by atoms with Crippen molar-refractivity contribution in [2.45, 2.75) is 149 Å². The number of aromatic nitrogens is 4. The molecule has 4 rings (SSSR count). The van der Waals surface area contributed by atoms with Crippen LogP contribution in [0.1, 0.15) is 133 Å². The van der Waals surface area contributed by atoms with Gasteiger partial charge in [0.05, 0.1) is 17.2 Å². The minimum Gasteiger partial charge on any atom is -0.481 e. The van der Waals surface area contributed by atoms with E-state index < -0.39 is 53.5 Å². The van der Waals surface area contributed by atoms with Crippen molar-refractivity contribution in [3.8, 4) is 0 Å². The minimum absolute atomic E-state index is 0.0686. The van der Waals surface area contributed by atoms with Gasteiger partial charge in [0.15, 0.2) is 6.10 Å². The number of carbonyl (C=O) groups is 6. The number of carboxylic acid groups (broad SMARTS) is 2. The summed E-state index contributed by atoms with van der Waals surface area (Å²) in [7, 11) is 1.92. The van der Waals surface area contributed by atoms with Gasteiger partial charge in [0.1, 0.15) is 23.3 Å². The molecule has 0 unspecified atom stereocenters. The zero-order valence-electron chi connectivity index (χ0n) is 39.1. The van der Waals surface area contributed by atoms with Crippen LogP contribution in [0.15, 0.2) is 35.8 Å². The number of aryl methyl sites for hydroxylation is 1. The zero-order valence-corrected chi connectivity index (χ0v) is 39.9. The fourth-order valence-corrected chi connectivity index (χ4v) is 9.05. The van der Waals surface area contributed by atoms with Gasteiger partial charge in [-0.2, -0.15) is 0 Å². The average molecular weight is 924 g/mol. The van der Waals surface area contributed by atoms with Crippen LogP contribution in [0, 0.1) is 17.3 Å². The number of nitrogens with zero attached hydrogens (tertiary/aromatic N) is 6. The van der Waals surface area contributed by atoms with E-state index in [1.54, 1.807) is 42.5 Å². The van der Waals surface area contributed by atoms with Gasteiger partial charge in [-0.25, -0.2) is 9.67 Å². The lowest BCUT2D eigenvalue weighted by molar-refractivity contribution is -0.150. The number of carboxylic acids is 2. The quantitative estimate of drug-likeness (QED) is 0.0420. The van der Waals surface area contributed by atoms with E-state index in [0.29, 0.717) is 54.9 Å². The van der Waals surface area contributed by atoms with Crippen molar-refractivity contribution in [3.63, 3.8) is 0 Å². The lowest BCUT2D eigenvalue weighted by Crippen LogP contribution is -2.59. The summed E-state index contributed by atoms with van der Waals surface area (Å²) in [6.45, 7) is 13.1. The van der Waals surface area contributed by atoms with Crippen molar-refractivity contribution >= 4 is 52.7 Å². The second kappa shape index (κ2) is 24.2. The first-order valence-corrected chi connectivity index (χ1v) is 23.5. The predicted octanol–water partition coefficient (Wildman–Crippen LogP) is 5.13. The van der Waals surface area contributed by atoms with Gasteiger partial charge < -0.3 is 36.2 Å². The Morgan fingerprint density at radius 1 is 1.05 bits per heavy atom. The fourth-order valence-electron chi connectivity index (χ4n) is 8.21. The number of anilines is 1. The van der Waals surface area contributed by atoms with E-state index in [9.17, 15) is 29.1 Å². The Labute approximate surface area is 386 Å². The monoisotopic (exact) mass is 923 g/mol. The van der Waals surface area contributed by atoms with Gasteiger partial charge in [0.2, 0.25) is 11.8 Å². The van der Waals surface area contributed by atoms with Crippen LogP contribution in [0.5, 0.6) is 0 Å². The van der Waals surface area contributed by atoms with E-state index in [1.807, 2.05) is 51.8 Å². The van der Waals surface area contributed by atoms with Gasteiger partial charge >= 0.3 is 17.9 Å². The number of hydrogen-bond acceptors (Lipinski definition) is 13. The number of piperidine rings is 1. The second-order valence-corrected chi connectivity index (χ2v) is 19.3. The number of likely N-dealkylation sites (N-methyl/N-ethyl adjacent to an activating group) is 1. The number of ether oxygens (including phenoxy) is 1. The molecule has 1 aliphatic heterocycles. The first kappa shape index (κ1) is 52.2. The van der Waals surface area contributed by atoms with Crippen molar-refractivity contribution < 1.29 is 43.7 Å². The molecule has 18 nitrogen and oxygen atoms in total. The largest absolute Gasteiger partial charge is 0.481 e. The molecule has 3 heterocycles. The van der Waals surface area contributed by atoms with Gasteiger partial charge in [0.25, 0.3) is 5.91 Å². The molecule has 6 atom stereocenters. The topological polar surface area (TPSA) is 252 Å². The molecule has 0 radical (unpaired) electrons. The van der Waals surface area contributed by atoms with Gasteiger partial charge in [0, 0.05) is 49.2 Å². The maximum Gasteiger partial charge on any atom is 0.325 e. The number of nitrogens with one attached hydrogen (secondary N) is 2. The number of nitrogens with two attached hydrogens (primary N) is 1. The van der Waals surface area contributed by atoms with Crippen molar-refractivity contribution in [3.05, 3.63) is 57.8 Å². The number of thiazole rings is 1. The summed E-state index contributed by atoms with van der Waals surface area (Å²) in [6, 6.07) is 4.86. The van der Waals surface area contributed by atoms with Crippen LogP contribution in [0.25, 0.3) is 0 Å². The SMILES string of the molecule is CC[C@H](C)[C@H](NC(=O)[C@H]1CCCCN1C)C(=O)N(CCCCc1cn(CC(=O)O)nn1)[C@H](C[C@@H](OC(C)=O)c1nc(C(=O)N[C@@H](Cc2ccc(N)cc2)CC(C)(C)C(=O)O)cs1)C(C)C. The Hall–Kier alpha value is -5.43. The van der Waals surface area contributed by atoms with Crippen LogP contribution in [-0.2, 0) is 48.1 Å². The molecule has 1 fully saturated rings. The molecule has 19 heteroatoms. The third kappa shape index (κ3) is 15.6. The van der Waals surface area contributed by atoms with Crippen LogP contribution in [0.3, 0.4) is 0 Å². The molecule has 3 aromatic rings. The maximum atomic E-state index is 15.1. The highest BCUT2D eigenvalue weighted by Gasteiger charge is 2.39. The van der Waals surface area contributed by atoms with Crippen LogP contribution in [0.2, 0.25) is 0 Å². The highest BCUT2D eigenvalue weighted by atomic mass is 32.1.